The van der Waals surface area contributed by atoms with Crippen LogP contribution in [0.2, 0.25) is 0 Å². The summed E-state index contributed by atoms with van der Waals surface area (Å²) in [6.07, 6.45) is 4.32. The number of fused-ring (bicyclic) bond motifs is 1. The predicted molar refractivity (Wildman–Crippen MR) is 73.2 cm³/mol. The summed E-state index contributed by atoms with van der Waals surface area (Å²) in [5, 5.41) is 2.99. The molecule has 2 heterocycles. The summed E-state index contributed by atoms with van der Waals surface area (Å²) >= 11 is 0. The Kier molecular flexibility index (Phi) is 3.30. The number of carbonyl (C=O) groups is 1. The van der Waals surface area contributed by atoms with Crippen LogP contribution in [0.25, 0.3) is 11.2 Å². The maximum Gasteiger partial charge on any atom is 0.421 e. The fourth-order valence-electron chi connectivity index (χ4n) is 2.22. The first kappa shape index (κ1) is 12.9. The second kappa shape index (κ2) is 5.11. The Labute approximate surface area is 115 Å². The Morgan fingerprint density at radius 3 is 3.10 bits per heavy atom. The van der Waals surface area contributed by atoms with Crippen LogP contribution in [0.3, 0.4) is 0 Å². The number of aromatic nitrogens is 2. The third-order valence-corrected chi connectivity index (χ3v) is 3.61. The fourth-order valence-corrected chi connectivity index (χ4v) is 2.22. The topological polar surface area (TPSA) is 77.1 Å². The quantitative estimate of drug-likeness (QED) is 0.892. The van der Waals surface area contributed by atoms with Gasteiger partial charge in [0.2, 0.25) is 5.91 Å². The van der Waals surface area contributed by atoms with Crippen LogP contribution in [0.4, 0.5) is 0 Å². The minimum atomic E-state index is -0.433. The van der Waals surface area contributed by atoms with Gasteiger partial charge in [-0.3, -0.25) is 9.36 Å². The Balaban J connectivity index is 1.81. The molecule has 0 spiro atoms. The number of oxazole rings is 1. The van der Waals surface area contributed by atoms with Crippen LogP contribution in [0.15, 0.2) is 27.5 Å². The number of carbonyl (C=O) groups excluding carboxylic acids is 1. The highest BCUT2D eigenvalue weighted by Gasteiger charge is 2.30. The van der Waals surface area contributed by atoms with E-state index < -0.39 is 5.76 Å². The van der Waals surface area contributed by atoms with Gasteiger partial charge in [0.1, 0.15) is 0 Å². The van der Waals surface area contributed by atoms with Gasteiger partial charge in [-0.2, -0.15) is 0 Å². The van der Waals surface area contributed by atoms with E-state index in [2.05, 4.69) is 10.3 Å². The Hall–Kier alpha value is -2.11. The van der Waals surface area contributed by atoms with Crippen LogP contribution >= 0.6 is 0 Å². The lowest BCUT2D eigenvalue weighted by molar-refractivity contribution is -0.123. The van der Waals surface area contributed by atoms with Crippen molar-refractivity contribution in [3.63, 3.8) is 0 Å². The van der Waals surface area contributed by atoms with Crippen LogP contribution in [0.5, 0.6) is 0 Å². The zero-order chi connectivity index (χ0) is 14.1. The maximum atomic E-state index is 11.9. The molecule has 1 saturated carbocycles. The lowest BCUT2D eigenvalue weighted by Gasteiger charge is -2.16. The van der Waals surface area contributed by atoms with Gasteiger partial charge < -0.3 is 9.73 Å². The average molecular weight is 275 g/mol. The Morgan fingerprint density at radius 2 is 2.40 bits per heavy atom. The SMILES string of the molecule is CC[C@H](Cn1c(=O)oc2cccnc21)NC(=O)C1CC1. The highest BCUT2D eigenvalue weighted by atomic mass is 16.4. The first-order chi connectivity index (χ1) is 9.69. The number of amides is 1. The van der Waals surface area contributed by atoms with E-state index in [1.807, 2.05) is 6.92 Å². The van der Waals surface area contributed by atoms with Gasteiger partial charge in [-0.25, -0.2) is 9.78 Å². The molecule has 1 aliphatic carbocycles. The van der Waals surface area contributed by atoms with Gasteiger partial charge in [0.05, 0.1) is 6.54 Å². The molecule has 0 bridgehead atoms. The highest BCUT2D eigenvalue weighted by molar-refractivity contribution is 5.81. The van der Waals surface area contributed by atoms with Crippen LogP contribution in [-0.4, -0.2) is 21.5 Å². The molecule has 106 valence electrons. The number of hydrogen-bond donors (Lipinski definition) is 1. The van der Waals surface area contributed by atoms with Crippen molar-refractivity contribution in [2.45, 2.75) is 38.8 Å². The monoisotopic (exact) mass is 275 g/mol. The molecule has 1 atom stereocenters. The van der Waals surface area contributed by atoms with Crippen LogP contribution in [0.1, 0.15) is 26.2 Å². The van der Waals surface area contributed by atoms with Crippen molar-refractivity contribution < 1.29 is 9.21 Å². The summed E-state index contributed by atoms with van der Waals surface area (Å²) in [7, 11) is 0. The number of rotatable bonds is 5. The molecule has 6 heteroatoms. The summed E-state index contributed by atoms with van der Waals surface area (Å²) in [6.45, 7) is 2.37. The summed E-state index contributed by atoms with van der Waals surface area (Å²) in [5.41, 5.74) is 0.998. The molecule has 0 unspecified atom stereocenters. The molecule has 0 aromatic carbocycles. The first-order valence-corrected chi connectivity index (χ1v) is 6.93. The molecule has 6 nitrogen and oxygen atoms in total. The molecule has 0 aliphatic heterocycles. The molecular formula is C14H17N3O3. The third kappa shape index (κ3) is 2.45. The summed E-state index contributed by atoms with van der Waals surface area (Å²) in [4.78, 5) is 27.9. The Morgan fingerprint density at radius 1 is 1.60 bits per heavy atom. The zero-order valence-electron chi connectivity index (χ0n) is 11.3. The molecule has 3 rings (SSSR count). The molecule has 0 saturated heterocycles. The van der Waals surface area contributed by atoms with Crippen molar-refractivity contribution >= 4 is 17.1 Å². The van der Waals surface area contributed by atoms with Gasteiger partial charge in [-0.1, -0.05) is 6.92 Å². The minimum Gasteiger partial charge on any atom is -0.406 e. The van der Waals surface area contributed by atoms with Crippen molar-refractivity contribution in [1.29, 1.82) is 0 Å². The van der Waals surface area contributed by atoms with E-state index in [1.54, 1.807) is 18.3 Å². The molecule has 1 N–H and O–H groups in total. The van der Waals surface area contributed by atoms with E-state index in [0.29, 0.717) is 17.8 Å². The average Bonchev–Trinajstić information content (AvgIpc) is 3.24. The summed E-state index contributed by atoms with van der Waals surface area (Å²) < 4.78 is 6.62. The number of nitrogens with one attached hydrogen (secondary N) is 1. The number of nitrogens with zero attached hydrogens (tertiary/aromatic N) is 2. The van der Waals surface area contributed by atoms with Crippen molar-refractivity contribution in [2.24, 2.45) is 5.92 Å². The van der Waals surface area contributed by atoms with Crippen molar-refractivity contribution in [3.8, 4) is 0 Å². The van der Waals surface area contributed by atoms with E-state index in [9.17, 15) is 9.59 Å². The highest BCUT2D eigenvalue weighted by Crippen LogP contribution is 2.29. The molecule has 1 fully saturated rings. The van der Waals surface area contributed by atoms with Gasteiger partial charge in [0.15, 0.2) is 11.2 Å². The van der Waals surface area contributed by atoms with E-state index in [-0.39, 0.29) is 17.9 Å². The van der Waals surface area contributed by atoms with Gasteiger partial charge >= 0.3 is 5.76 Å². The van der Waals surface area contributed by atoms with Crippen LogP contribution in [0, 0.1) is 5.92 Å². The summed E-state index contributed by atoms with van der Waals surface area (Å²) in [5.74, 6) is -0.177. The van der Waals surface area contributed by atoms with E-state index in [4.69, 9.17) is 4.42 Å². The first-order valence-electron chi connectivity index (χ1n) is 6.93. The van der Waals surface area contributed by atoms with E-state index in [0.717, 1.165) is 19.3 Å². The predicted octanol–water partition coefficient (Wildman–Crippen LogP) is 1.29. The minimum absolute atomic E-state index is 0.0800. The lowest BCUT2D eigenvalue weighted by Crippen LogP contribution is -2.39. The molecule has 2 aromatic rings. The fraction of sp³-hybridized carbons (Fsp3) is 0.500. The smallest absolute Gasteiger partial charge is 0.406 e. The normalized spacial score (nSPS) is 16.2. The number of hydrogen-bond acceptors (Lipinski definition) is 4. The molecule has 0 radical (unpaired) electrons. The Bertz CT molecular complexity index is 684. The summed E-state index contributed by atoms with van der Waals surface area (Å²) in [6, 6.07) is 3.36. The molecule has 1 aliphatic rings. The second-order valence-electron chi connectivity index (χ2n) is 5.19. The maximum absolute atomic E-state index is 11.9. The van der Waals surface area contributed by atoms with E-state index >= 15 is 0 Å². The third-order valence-electron chi connectivity index (χ3n) is 3.61. The van der Waals surface area contributed by atoms with Crippen LogP contribution < -0.4 is 11.1 Å². The standard InChI is InChI=1S/C14H17N3O3/c1-2-10(16-13(18)9-5-6-9)8-17-12-11(20-14(17)19)4-3-7-15-12/h3-4,7,9-10H,2,5-6,8H2,1H3,(H,16,18)/t10-/m1/s1. The zero-order valence-corrected chi connectivity index (χ0v) is 11.3. The molecular weight excluding hydrogens is 258 g/mol. The van der Waals surface area contributed by atoms with Crippen molar-refractivity contribution in [3.05, 3.63) is 28.9 Å². The van der Waals surface area contributed by atoms with E-state index in [1.165, 1.54) is 4.57 Å². The number of pyridine rings is 1. The second-order valence-corrected chi connectivity index (χ2v) is 5.19. The van der Waals surface area contributed by atoms with Crippen molar-refractivity contribution in [1.82, 2.24) is 14.9 Å². The largest absolute Gasteiger partial charge is 0.421 e. The molecule has 1 amide bonds. The van der Waals surface area contributed by atoms with Crippen LogP contribution in [-0.2, 0) is 11.3 Å². The van der Waals surface area contributed by atoms with Gasteiger partial charge in [-0.15, -0.1) is 0 Å². The van der Waals surface area contributed by atoms with Crippen molar-refractivity contribution in [2.75, 3.05) is 0 Å². The molecule has 2 aromatic heterocycles. The lowest BCUT2D eigenvalue weighted by atomic mass is 10.2. The van der Waals surface area contributed by atoms with Gasteiger partial charge in [-0.05, 0) is 31.4 Å². The van der Waals surface area contributed by atoms with Gasteiger partial charge in [0, 0.05) is 18.2 Å². The molecule has 20 heavy (non-hydrogen) atoms. The van der Waals surface area contributed by atoms with Gasteiger partial charge in [0.25, 0.3) is 0 Å².